The van der Waals surface area contributed by atoms with Gasteiger partial charge in [-0.2, -0.15) is 4.68 Å². The van der Waals surface area contributed by atoms with E-state index < -0.39 is 5.54 Å². The van der Waals surface area contributed by atoms with Crippen molar-refractivity contribution in [1.82, 2.24) is 25.1 Å². The molecule has 1 aliphatic carbocycles. The molecule has 1 heterocycles. The van der Waals surface area contributed by atoms with Crippen molar-refractivity contribution in [2.75, 3.05) is 20.8 Å². The third-order valence-corrected chi connectivity index (χ3v) is 5.30. The number of methoxy groups -OCH3 is 1. The maximum atomic E-state index is 12.6. The Morgan fingerprint density at radius 3 is 2.46 bits per heavy atom. The van der Waals surface area contributed by atoms with Crippen molar-refractivity contribution < 1.29 is 9.53 Å². The van der Waals surface area contributed by atoms with Crippen molar-refractivity contribution in [2.24, 2.45) is 0 Å². The maximum absolute atomic E-state index is 12.6. The normalized spacial score (nSPS) is 16.5. The molecule has 7 nitrogen and oxygen atoms in total. The number of tetrazole rings is 1. The summed E-state index contributed by atoms with van der Waals surface area (Å²) < 4.78 is 6.87. The minimum atomic E-state index is -0.505. The van der Waals surface area contributed by atoms with E-state index in [1.54, 1.807) is 16.7 Å². The number of nitrogens with zero attached hydrogens (tertiary/aromatic N) is 5. The Morgan fingerprint density at radius 2 is 1.85 bits per heavy atom. The average Bonchev–Trinajstić information content (AvgIpc) is 3.11. The molecular formula is C19H27N5O2. The predicted molar refractivity (Wildman–Crippen MR) is 98.0 cm³/mol. The molecule has 3 rings (SSSR count). The molecule has 0 saturated heterocycles. The highest BCUT2D eigenvalue weighted by Gasteiger charge is 2.44. The largest absolute Gasteiger partial charge is 0.375 e. The Morgan fingerprint density at radius 1 is 1.19 bits per heavy atom. The smallest absolute Gasteiger partial charge is 0.249 e. The molecule has 1 fully saturated rings. The van der Waals surface area contributed by atoms with Crippen LogP contribution < -0.4 is 0 Å². The van der Waals surface area contributed by atoms with Gasteiger partial charge in [-0.05, 0) is 60.4 Å². The van der Waals surface area contributed by atoms with Gasteiger partial charge in [-0.25, -0.2) is 0 Å². The minimum Gasteiger partial charge on any atom is -0.375 e. The fourth-order valence-corrected chi connectivity index (χ4v) is 4.03. The molecule has 1 aromatic heterocycles. The number of carbonyl (C=O) groups excluding carboxylic acids is 1. The van der Waals surface area contributed by atoms with Gasteiger partial charge in [0.2, 0.25) is 5.91 Å². The van der Waals surface area contributed by atoms with Gasteiger partial charge in [0.15, 0.2) is 5.82 Å². The molecule has 0 N–H and O–H groups in total. The topological polar surface area (TPSA) is 73.1 Å². The Balaban J connectivity index is 2.09. The van der Waals surface area contributed by atoms with E-state index in [1.807, 2.05) is 7.05 Å². The van der Waals surface area contributed by atoms with E-state index in [4.69, 9.17) is 4.74 Å². The number of rotatable bonds is 5. The van der Waals surface area contributed by atoms with Gasteiger partial charge in [-0.1, -0.05) is 25.3 Å². The first kappa shape index (κ1) is 18.5. The molecule has 1 saturated carbocycles. The van der Waals surface area contributed by atoms with Crippen molar-refractivity contribution in [3.8, 4) is 5.69 Å². The van der Waals surface area contributed by atoms with E-state index in [2.05, 4.69) is 47.6 Å². The summed E-state index contributed by atoms with van der Waals surface area (Å²) in [6.07, 6.45) is 4.96. The molecule has 0 spiro atoms. The number of aryl methyl sites for hydroxylation is 2. The molecule has 1 aliphatic rings. The zero-order chi connectivity index (χ0) is 18.7. The van der Waals surface area contributed by atoms with Crippen LogP contribution >= 0.6 is 0 Å². The second-order valence-corrected chi connectivity index (χ2v) is 7.24. The lowest BCUT2D eigenvalue weighted by Crippen LogP contribution is -2.51. The summed E-state index contributed by atoms with van der Waals surface area (Å²) in [5, 5.41) is 12.6. The van der Waals surface area contributed by atoms with Crippen LogP contribution in [0.15, 0.2) is 18.2 Å². The van der Waals surface area contributed by atoms with Crippen LogP contribution in [0, 0.1) is 13.8 Å². The summed E-state index contributed by atoms with van der Waals surface area (Å²) >= 11 is 0. The summed E-state index contributed by atoms with van der Waals surface area (Å²) in [4.78, 5) is 14.4. The molecular weight excluding hydrogens is 330 g/mol. The highest BCUT2D eigenvalue weighted by Crippen LogP contribution is 2.41. The Labute approximate surface area is 154 Å². The van der Waals surface area contributed by atoms with Crippen molar-refractivity contribution in [1.29, 1.82) is 0 Å². The molecule has 140 valence electrons. The number of hydrogen-bond donors (Lipinski definition) is 0. The number of likely N-dealkylation sites (N-methyl/N-ethyl adjacent to an activating group) is 1. The molecule has 0 aliphatic heterocycles. The maximum Gasteiger partial charge on any atom is 0.249 e. The van der Waals surface area contributed by atoms with E-state index >= 15 is 0 Å². The number of benzene rings is 1. The third kappa shape index (κ3) is 3.35. The molecule has 26 heavy (non-hydrogen) atoms. The van der Waals surface area contributed by atoms with Crippen molar-refractivity contribution in [3.63, 3.8) is 0 Å². The van der Waals surface area contributed by atoms with Crippen LogP contribution in [-0.4, -0.2) is 51.8 Å². The SMILES string of the molecule is COCC(=O)N(C)C1(c2nnnn2-c2cc(C)cc(C)c2)CCCCC1. The summed E-state index contributed by atoms with van der Waals surface area (Å²) in [7, 11) is 3.38. The van der Waals surface area contributed by atoms with E-state index in [9.17, 15) is 4.79 Å². The second-order valence-electron chi connectivity index (χ2n) is 7.24. The molecule has 1 aromatic carbocycles. The second kappa shape index (κ2) is 7.53. The van der Waals surface area contributed by atoms with E-state index in [0.717, 1.165) is 48.3 Å². The number of aromatic nitrogens is 4. The Bertz CT molecular complexity index is 760. The van der Waals surface area contributed by atoms with Gasteiger partial charge in [0, 0.05) is 14.2 Å². The highest BCUT2D eigenvalue weighted by atomic mass is 16.5. The van der Waals surface area contributed by atoms with Crippen molar-refractivity contribution in [2.45, 2.75) is 51.5 Å². The minimum absolute atomic E-state index is 0.0515. The zero-order valence-corrected chi connectivity index (χ0v) is 16.0. The van der Waals surface area contributed by atoms with Crippen LogP contribution in [-0.2, 0) is 15.1 Å². The van der Waals surface area contributed by atoms with Gasteiger partial charge in [0.05, 0.1) is 5.69 Å². The van der Waals surface area contributed by atoms with Crippen molar-refractivity contribution >= 4 is 5.91 Å². The lowest BCUT2D eigenvalue weighted by Gasteiger charge is -2.43. The highest BCUT2D eigenvalue weighted by molar-refractivity contribution is 5.78. The molecule has 0 unspecified atom stereocenters. The number of amides is 1. The van der Waals surface area contributed by atoms with Gasteiger partial charge >= 0.3 is 0 Å². The molecule has 7 heteroatoms. The lowest BCUT2D eigenvalue weighted by molar-refractivity contribution is -0.142. The third-order valence-electron chi connectivity index (χ3n) is 5.30. The fraction of sp³-hybridized carbons (Fsp3) is 0.579. The molecule has 0 bridgehead atoms. The number of carbonyl (C=O) groups is 1. The van der Waals surface area contributed by atoms with Crippen LogP contribution in [0.2, 0.25) is 0 Å². The number of hydrogen-bond acceptors (Lipinski definition) is 5. The quantitative estimate of drug-likeness (QED) is 0.822. The monoisotopic (exact) mass is 357 g/mol. The molecule has 1 amide bonds. The summed E-state index contributed by atoms with van der Waals surface area (Å²) in [5.74, 6) is 0.679. The van der Waals surface area contributed by atoms with E-state index in [-0.39, 0.29) is 12.5 Å². The van der Waals surface area contributed by atoms with Crippen molar-refractivity contribution in [3.05, 3.63) is 35.2 Å². The van der Waals surface area contributed by atoms with Gasteiger partial charge in [0.1, 0.15) is 12.1 Å². The van der Waals surface area contributed by atoms with Crippen LogP contribution in [0.3, 0.4) is 0 Å². The van der Waals surface area contributed by atoms with Crippen LogP contribution in [0.4, 0.5) is 0 Å². The van der Waals surface area contributed by atoms with Gasteiger partial charge < -0.3 is 9.64 Å². The predicted octanol–water partition coefficient (Wildman–Crippen LogP) is 2.54. The summed E-state index contributed by atoms with van der Waals surface area (Å²) in [5.41, 5.74) is 2.74. The Hall–Kier alpha value is -2.28. The fourth-order valence-electron chi connectivity index (χ4n) is 4.03. The van der Waals surface area contributed by atoms with Crippen LogP contribution in [0.1, 0.15) is 49.1 Å². The summed E-state index contributed by atoms with van der Waals surface area (Å²) in [6.45, 7) is 4.18. The van der Waals surface area contributed by atoms with Crippen LogP contribution in [0.25, 0.3) is 5.69 Å². The first-order chi connectivity index (χ1) is 12.5. The first-order valence-corrected chi connectivity index (χ1v) is 9.11. The van der Waals surface area contributed by atoms with E-state index in [0.29, 0.717) is 0 Å². The van der Waals surface area contributed by atoms with E-state index in [1.165, 1.54) is 6.42 Å². The van der Waals surface area contributed by atoms with Gasteiger partial charge in [0.25, 0.3) is 0 Å². The lowest BCUT2D eigenvalue weighted by atomic mass is 9.79. The van der Waals surface area contributed by atoms with Gasteiger partial charge in [-0.3, -0.25) is 4.79 Å². The van der Waals surface area contributed by atoms with Crippen LogP contribution in [0.5, 0.6) is 0 Å². The summed E-state index contributed by atoms with van der Waals surface area (Å²) in [6, 6.07) is 6.26. The average molecular weight is 357 g/mol. The van der Waals surface area contributed by atoms with Gasteiger partial charge in [-0.15, -0.1) is 5.10 Å². The molecule has 2 aromatic rings. The Kier molecular flexibility index (Phi) is 5.36. The molecule has 0 radical (unpaired) electrons. The first-order valence-electron chi connectivity index (χ1n) is 9.11. The molecule has 0 atom stereocenters. The number of ether oxygens (including phenoxy) is 1. The standard InChI is InChI=1S/C19H27N5O2/c1-14-10-15(2)12-16(11-14)24-18(20-21-22-24)19(8-6-5-7-9-19)23(3)17(25)13-26-4/h10-12H,5-9,13H2,1-4H3. The zero-order valence-electron chi connectivity index (χ0n) is 16.0.